The quantitative estimate of drug-likeness (QED) is 0.894. The molecule has 0 spiro atoms. The Hall–Kier alpha value is -1.73. The molecule has 4 rings (SSSR count). The maximum atomic E-state index is 11.2. The predicted octanol–water partition coefficient (Wildman–Crippen LogP) is 2.01. The van der Waals surface area contributed by atoms with Crippen LogP contribution in [0.25, 0.3) is 10.2 Å². The molecule has 3 heterocycles. The highest BCUT2D eigenvalue weighted by Gasteiger charge is 2.29. The summed E-state index contributed by atoms with van der Waals surface area (Å²) >= 11 is 1.79. The van der Waals surface area contributed by atoms with E-state index in [2.05, 4.69) is 15.3 Å². The van der Waals surface area contributed by atoms with Gasteiger partial charge in [-0.25, -0.2) is 9.97 Å². The molecule has 23 heavy (non-hydrogen) atoms. The minimum Gasteiger partial charge on any atom is -0.367 e. The van der Waals surface area contributed by atoms with Gasteiger partial charge in [-0.3, -0.25) is 4.79 Å². The number of nitrogens with one attached hydrogen (secondary N) is 1. The fourth-order valence-corrected chi connectivity index (χ4v) is 4.73. The largest absolute Gasteiger partial charge is 0.367 e. The summed E-state index contributed by atoms with van der Waals surface area (Å²) in [4.78, 5) is 22.6. The van der Waals surface area contributed by atoms with Crippen molar-refractivity contribution < 1.29 is 9.53 Å². The zero-order chi connectivity index (χ0) is 15.8. The topological polar surface area (TPSA) is 90.1 Å². The Morgan fingerprint density at radius 1 is 1.35 bits per heavy atom. The molecule has 2 atom stereocenters. The van der Waals surface area contributed by atoms with E-state index in [4.69, 9.17) is 10.5 Å². The summed E-state index contributed by atoms with van der Waals surface area (Å²) in [6, 6.07) is 0. The molecule has 2 aromatic rings. The van der Waals surface area contributed by atoms with Crippen molar-refractivity contribution in [1.82, 2.24) is 9.97 Å². The zero-order valence-electron chi connectivity index (χ0n) is 12.9. The Bertz CT molecular complexity index is 745. The van der Waals surface area contributed by atoms with Gasteiger partial charge < -0.3 is 15.8 Å². The smallest absolute Gasteiger partial charge is 0.246 e. The number of primary amides is 1. The number of aryl methyl sites for hydroxylation is 2. The van der Waals surface area contributed by atoms with Gasteiger partial charge in [0.15, 0.2) is 0 Å². The van der Waals surface area contributed by atoms with E-state index in [0.717, 1.165) is 29.9 Å². The first kappa shape index (κ1) is 14.8. The molecule has 7 heteroatoms. The summed E-state index contributed by atoms with van der Waals surface area (Å²) in [6.45, 7) is 0.639. The molecule has 0 radical (unpaired) electrons. The second-order valence-electron chi connectivity index (χ2n) is 6.22. The summed E-state index contributed by atoms with van der Waals surface area (Å²) in [5.41, 5.74) is 6.72. The first-order valence-electron chi connectivity index (χ1n) is 8.16. The molecule has 0 aromatic carbocycles. The highest BCUT2D eigenvalue weighted by atomic mass is 32.1. The van der Waals surface area contributed by atoms with Crippen LogP contribution in [0.2, 0.25) is 0 Å². The lowest BCUT2D eigenvalue weighted by Crippen LogP contribution is -2.30. The van der Waals surface area contributed by atoms with Crippen LogP contribution in [0.15, 0.2) is 6.33 Å². The molecule has 122 valence electrons. The number of thiophene rings is 1. The molecule has 3 N–H and O–H groups in total. The van der Waals surface area contributed by atoms with Crippen molar-refractivity contribution >= 4 is 33.3 Å². The number of carbonyl (C=O) groups excluding carboxylic acids is 1. The number of aromatic nitrogens is 2. The molecular formula is C16H20N4O2S. The fraction of sp³-hybridized carbons (Fsp3) is 0.562. The normalized spacial score (nSPS) is 23.8. The monoisotopic (exact) mass is 332 g/mol. The van der Waals surface area contributed by atoms with Gasteiger partial charge in [-0.2, -0.15) is 0 Å². The molecule has 1 aliphatic heterocycles. The predicted molar refractivity (Wildman–Crippen MR) is 89.6 cm³/mol. The lowest BCUT2D eigenvalue weighted by atomic mass is 9.97. The number of nitrogens with two attached hydrogens (primary N) is 1. The van der Waals surface area contributed by atoms with Crippen molar-refractivity contribution in [2.24, 2.45) is 5.73 Å². The molecule has 1 amide bonds. The zero-order valence-corrected chi connectivity index (χ0v) is 13.7. The average Bonchev–Trinajstić information content (AvgIpc) is 3.17. The number of carbonyl (C=O) groups is 1. The van der Waals surface area contributed by atoms with E-state index in [1.165, 1.54) is 28.7 Å². The van der Waals surface area contributed by atoms with Crippen LogP contribution in [-0.2, 0) is 22.4 Å². The van der Waals surface area contributed by atoms with E-state index in [1.807, 2.05) is 0 Å². The number of hydrogen-bond donors (Lipinski definition) is 2. The lowest BCUT2D eigenvalue weighted by Gasteiger charge is -2.15. The summed E-state index contributed by atoms with van der Waals surface area (Å²) < 4.78 is 5.67. The Kier molecular flexibility index (Phi) is 3.90. The maximum Gasteiger partial charge on any atom is 0.246 e. The SMILES string of the molecule is NC(=O)C1CCC(CNc2ncnc3sc4c(c23)CCCC4)O1. The van der Waals surface area contributed by atoms with Crippen LogP contribution in [0, 0.1) is 0 Å². The van der Waals surface area contributed by atoms with Crippen molar-refractivity contribution in [3.8, 4) is 0 Å². The summed E-state index contributed by atoms with van der Waals surface area (Å²) in [5, 5.41) is 4.58. The maximum absolute atomic E-state index is 11.2. The van der Waals surface area contributed by atoms with Gasteiger partial charge in [0.25, 0.3) is 0 Å². The van der Waals surface area contributed by atoms with Gasteiger partial charge in [-0.15, -0.1) is 11.3 Å². The van der Waals surface area contributed by atoms with Gasteiger partial charge in [-0.05, 0) is 44.1 Å². The standard InChI is InChI=1S/C16H20N4O2S/c17-14(21)11-6-5-9(22-11)7-18-15-13-10-3-1-2-4-12(10)23-16(13)20-8-19-15/h8-9,11H,1-7H2,(H2,17,21)(H,18,19,20). The Balaban J connectivity index is 1.53. The van der Waals surface area contributed by atoms with E-state index in [0.29, 0.717) is 13.0 Å². The third-order valence-electron chi connectivity index (χ3n) is 4.67. The van der Waals surface area contributed by atoms with E-state index >= 15 is 0 Å². The molecule has 1 saturated heterocycles. The number of ether oxygens (including phenoxy) is 1. The fourth-order valence-electron chi connectivity index (χ4n) is 3.50. The van der Waals surface area contributed by atoms with Crippen LogP contribution in [0.1, 0.15) is 36.1 Å². The molecule has 2 unspecified atom stereocenters. The van der Waals surface area contributed by atoms with E-state index in [9.17, 15) is 4.79 Å². The number of rotatable bonds is 4. The van der Waals surface area contributed by atoms with Gasteiger partial charge in [0, 0.05) is 11.4 Å². The average molecular weight is 332 g/mol. The van der Waals surface area contributed by atoms with Crippen molar-refractivity contribution in [3.63, 3.8) is 0 Å². The molecule has 6 nitrogen and oxygen atoms in total. The third kappa shape index (κ3) is 2.79. The first-order valence-corrected chi connectivity index (χ1v) is 8.98. The van der Waals surface area contributed by atoms with Gasteiger partial charge in [0.1, 0.15) is 23.1 Å². The van der Waals surface area contributed by atoms with Gasteiger partial charge in [-0.1, -0.05) is 0 Å². The number of hydrogen-bond acceptors (Lipinski definition) is 6. The van der Waals surface area contributed by atoms with Crippen molar-refractivity contribution in [3.05, 3.63) is 16.8 Å². The van der Waals surface area contributed by atoms with E-state index < -0.39 is 6.10 Å². The van der Waals surface area contributed by atoms with Gasteiger partial charge in [0.05, 0.1) is 11.5 Å². The molecule has 1 fully saturated rings. The highest BCUT2D eigenvalue weighted by Crippen LogP contribution is 2.38. The number of amides is 1. The van der Waals surface area contributed by atoms with Crippen molar-refractivity contribution in [2.45, 2.75) is 50.7 Å². The third-order valence-corrected chi connectivity index (χ3v) is 5.87. The van der Waals surface area contributed by atoms with Crippen LogP contribution >= 0.6 is 11.3 Å². The summed E-state index contributed by atoms with van der Waals surface area (Å²) in [7, 11) is 0. The van der Waals surface area contributed by atoms with Crippen LogP contribution in [0.4, 0.5) is 5.82 Å². The van der Waals surface area contributed by atoms with Crippen LogP contribution in [0.5, 0.6) is 0 Å². The van der Waals surface area contributed by atoms with Crippen LogP contribution < -0.4 is 11.1 Å². The van der Waals surface area contributed by atoms with E-state index in [1.54, 1.807) is 17.7 Å². The van der Waals surface area contributed by atoms with Crippen molar-refractivity contribution in [1.29, 1.82) is 0 Å². The highest BCUT2D eigenvalue weighted by molar-refractivity contribution is 7.19. The van der Waals surface area contributed by atoms with E-state index in [-0.39, 0.29) is 12.0 Å². The summed E-state index contributed by atoms with van der Waals surface area (Å²) in [5.74, 6) is 0.518. The molecule has 1 aliphatic carbocycles. The second kappa shape index (κ2) is 6.05. The minimum absolute atomic E-state index is 0.00646. The Labute approximate surface area is 138 Å². The lowest BCUT2D eigenvalue weighted by molar-refractivity contribution is -0.128. The number of anilines is 1. The van der Waals surface area contributed by atoms with Crippen molar-refractivity contribution in [2.75, 3.05) is 11.9 Å². The molecule has 2 aliphatic rings. The Morgan fingerprint density at radius 3 is 3.04 bits per heavy atom. The minimum atomic E-state index is -0.443. The second-order valence-corrected chi connectivity index (χ2v) is 7.30. The Morgan fingerprint density at radius 2 is 2.22 bits per heavy atom. The molecule has 0 bridgehead atoms. The first-order chi connectivity index (χ1) is 11.2. The molecular weight excluding hydrogens is 312 g/mol. The molecule has 2 aromatic heterocycles. The summed E-state index contributed by atoms with van der Waals surface area (Å²) in [6.07, 6.45) is 7.50. The molecule has 0 saturated carbocycles. The van der Waals surface area contributed by atoms with Crippen LogP contribution in [-0.4, -0.2) is 34.6 Å². The van der Waals surface area contributed by atoms with Gasteiger partial charge >= 0.3 is 0 Å². The number of fused-ring (bicyclic) bond motifs is 3. The number of nitrogens with zero attached hydrogens (tertiary/aromatic N) is 2. The van der Waals surface area contributed by atoms with Gasteiger partial charge in [0.2, 0.25) is 5.91 Å². The van der Waals surface area contributed by atoms with Crippen LogP contribution in [0.3, 0.4) is 0 Å².